The van der Waals surface area contributed by atoms with Gasteiger partial charge in [-0.3, -0.25) is 0 Å². The first-order valence-electron chi connectivity index (χ1n) is 14.1. The van der Waals surface area contributed by atoms with E-state index in [9.17, 15) is 71.5 Å². The molecular formula is C24H42O21. The molecule has 4 aliphatic rings. The highest BCUT2D eigenvalue weighted by atomic mass is 16.8. The summed E-state index contributed by atoms with van der Waals surface area (Å²) in [4.78, 5) is 0. The van der Waals surface area contributed by atoms with Crippen LogP contribution in [0.2, 0.25) is 0 Å². The number of hydrogen-bond acceptors (Lipinski definition) is 21. The van der Waals surface area contributed by atoms with Crippen LogP contribution in [-0.2, 0) is 33.2 Å². The summed E-state index contributed by atoms with van der Waals surface area (Å²) < 4.78 is 37.7. The van der Waals surface area contributed by atoms with Crippen molar-refractivity contribution >= 4 is 0 Å². The molecular weight excluding hydrogens is 624 g/mol. The molecule has 0 radical (unpaired) electrons. The zero-order valence-electron chi connectivity index (χ0n) is 23.5. The van der Waals surface area contributed by atoms with Gasteiger partial charge in [0.1, 0.15) is 97.7 Å². The lowest BCUT2D eigenvalue weighted by atomic mass is 9.95. The van der Waals surface area contributed by atoms with Crippen molar-refractivity contribution in [3.8, 4) is 0 Å². The molecule has 21 heteroatoms. The highest BCUT2D eigenvalue weighted by molar-refractivity contribution is 4.97. The number of ether oxygens (including phenoxy) is 7. The molecule has 20 atom stereocenters. The Morgan fingerprint density at radius 2 is 0.711 bits per heavy atom. The molecule has 0 spiro atoms. The van der Waals surface area contributed by atoms with Gasteiger partial charge in [-0.15, -0.1) is 0 Å². The van der Waals surface area contributed by atoms with Crippen LogP contribution >= 0.6 is 0 Å². The van der Waals surface area contributed by atoms with Gasteiger partial charge in [0.2, 0.25) is 0 Å². The third kappa shape index (κ3) is 7.44. The van der Waals surface area contributed by atoms with Gasteiger partial charge >= 0.3 is 0 Å². The molecule has 4 aliphatic heterocycles. The lowest BCUT2D eigenvalue weighted by molar-refractivity contribution is -0.388. The molecule has 4 heterocycles. The highest BCUT2D eigenvalue weighted by Crippen LogP contribution is 2.34. The number of aliphatic hydroxyl groups is 14. The van der Waals surface area contributed by atoms with Crippen molar-refractivity contribution in [2.75, 3.05) is 26.4 Å². The Kier molecular flexibility index (Phi) is 12.8. The second kappa shape index (κ2) is 15.6. The quantitative estimate of drug-likeness (QED) is 0.103. The van der Waals surface area contributed by atoms with Crippen LogP contribution in [0.4, 0.5) is 0 Å². The van der Waals surface area contributed by atoms with Crippen LogP contribution in [0.25, 0.3) is 0 Å². The van der Waals surface area contributed by atoms with E-state index in [-0.39, 0.29) is 0 Å². The zero-order chi connectivity index (χ0) is 33.3. The molecule has 45 heavy (non-hydrogen) atoms. The third-order valence-electron chi connectivity index (χ3n) is 8.20. The van der Waals surface area contributed by atoms with Crippen LogP contribution in [0.5, 0.6) is 0 Å². The number of rotatable bonds is 10. The fourth-order valence-electron chi connectivity index (χ4n) is 5.54. The number of hydrogen-bond donors (Lipinski definition) is 14. The van der Waals surface area contributed by atoms with Crippen LogP contribution < -0.4 is 0 Å². The van der Waals surface area contributed by atoms with Crippen molar-refractivity contribution in [3.63, 3.8) is 0 Å². The van der Waals surface area contributed by atoms with Gasteiger partial charge in [-0.2, -0.15) is 0 Å². The first-order chi connectivity index (χ1) is 21.3. The smallest absolute Gasteiger partial charge is 0.187 e. The van der Waals surface area contributed by atoms with Crippen molar-refractivity contribution in [2.24, 2.45) is 0 Å². The second-order valence-electron chi connectivity index (χ2n) is 11.1. The summed E-state index contributed by atoms with van der Waals surface area (Å²) >= 11 is 0. The normalized spacial score (nSPS) is 52.9. The molecule has 0 saturated carbocycles. The van der Waals surface area contributed by atoms with Crippen molar-refractivity contribution in [1.29, 1.82) is 0 Å². The minimum atomic E-state index is -2.02. The van der Waals surface area contributed by atoms with E-state index in [2.05, 4.69) is 0 Å². The first kappa shape index (κ1) is 37.0. The van der Waals surface area contributed by atoms with Crippen molar-refractivity contribution in [1.82, 2.24) is 0 Å². The van der Waals surface area contributed by atoms with E-state index in [1.807, 2.05) is 0 Å². The maximum absolute atomic E-state index is 11.0. The lowest BCUT2D eigenvalue weighted by Gasteiger charge is -2.49. The monoisotopic (exact) mass is 666 g/mol. The van der Waals surface area contributed by atoms with E-state index in [0.29, 0.717) is 0 Å². The van der Waals surface area contributed by atoms with Gasteiger partial charge in [0.05, 0.1) is 26.4 Å². The van der Waals surface area contributed by atoms with E-state index < -0.39 is 149 Å². The van der Waals surface area contributed by atoms with Crippen LogP contribution in [0.3, 0.4) is 0 Å². The molecule has 264 valence electrons. The van der Waals surface area contributed by atoms with Crippen molar-refractivity contribution < 1.29 is 105 Å². The fourth-order valence-corrected chi connectivity index (χ4v) is 5.54. The van der Waals surface area contributed by atoms with E-state index >= 15 is 0 Å². The summed E-state index contributed by atoms with van der Waals surface area (Å²) in [6, 6.07) is 0. The minimum Gasteiger partial charge on any atom is -0.394 e. The maximum atomic E-state index is 11.0. The van der Waals surface area contributed by atoms with Crippen molar-refractivity contribution in [3.05, 3.63) is 0 Å². The molecule has 4 saturated heterocycles. The van der Waals surface area contributed by atoms with Crippen molar-refractivity contribution in [2.45, 2.75) is 123 Å². The standard InChI is InChI=1S/C24H42O21/c25-1-5-9(29)11(31)15(35)22(40-5)45-20-10(30)6(2-26)41-24(17(20)37)44-19-8(4-28)42-23(16(36)13(19)33)43-18-7(3-27)39-21(38)14(34)12(18)32/h5-38H,1-4H2/t5-,6-,7-,8-,9-,10-,11+,12-,13-,14+,15-,16-,17-,18-,19-,20+,21+,22+,23-,24-/m1/s1. The van der Waals surface area contributed by atoms with Crippen LogP contribution in [0.1, 0.15) is 0 Å². The SMILES string of the molecule is OC[C@H]1O[C@@H](O[C@@H]2[C@@H](O)[C@@H](O[C@H]3[C@H](O)[C@@H](O)[C@@H](O[C@H]4[C@H](O)[C@H](O)[C@@H](O)O[C@@H]4CO)O[C@@H]3CO)O[C@H](CO)[C@H]2O)[C@H](O)[C@@H](O)[C@@H]1O. The molecule has 4 rings (SSSR count). The third-order valence-corrected chi connectivity index (χ3v) is 8.20. The summed E-state index contributed by atoms with van der Waals surface area (Å²) in [5.41, 5.74) is 0. The fraction of sp³-hybridized carbons (Fsp3) is 1.00. The zero-order valence-corrected chi connectivity index (χ0v) is 23.5. The van der Waals surface area contributed by atoms with E-state index in [1.165, 1.54) is 0 Å². The van der Waals surface area contributed by atoms with Crippen LogP contribution in [0.15, 0.2) is 0 Å². The number of aliphatic hydroxyl groups excluding tert-OH is 14. The first-order valence-corrected chi connectivity index (χ1v) is 14.1. The molecule has 21 nitrogen and oxygen atoms in total. The Morgan fingerprint density at radius 3 is 1.22 bits per heavy atom. The predicted octanol–water partition coefficient (Wildman–Crippen LogP) is -9.75. The summed E-state index contributed by atoms with van der Waals surface area (Å²) in [7, 11) is 0. The molecule has 0 aromatic carbocycles. The minimum absolute atomic E-state index is 0.806. The van der Waals surface area contributed by atoms with Crippen LogP contribution in [-0.4, -0.2) is 221 Å². The largest absolute Gasteiger partial charge is 0.394 e. The van der Waals surface area contributed by atoms with Gasteiger partial charge in [-0.05, 0) is 0 Å². The van der Waals surface area contributed by atoms with Gasteiger partial charge in [0.15, 0.2) is 25.2 Å². The second-order valence-corrected chi connectivity index (χ2v) is 11.1. The highest BCUT2D eigenvalue weighted by Gasteiger charge is 2.55. The average molecular weight is 667 g/mol. The van der Waals surface area contributed by atoms with Gasteiger partial charge in [0.25, 0.3) is 0 Å². The van der Waals surface area contributed by atoms with Gasteiger partial charge in [0, 0.05) is 0 Å². The van der Waals surface area contributed by atoms with Gasteiger partial charge in [-0.25, -0.2) is 0 Å². The molecule has 0 amide bonds. The molecule has 4 fully saturated rings. The Labute approximate surface area is 254 Å². The Bertz CT molecular complexity index is 912. The Hall–Kier alpha value is -0.840. The molecule has 0 aromatic heterocycles. The maximum Gasteiger partial charge on any atom is 0.187 e. The summed E-state index contributed by atoms with van der Waals surface area (Å²) in [6.45, 7) is -3.41. The molecule has 0 aliphatic carbocycles. The van der Waals surface area contributed by atoms with E-state index in [0.717, 1.165) is 0 Å². The topological polar surface area (TPSA) is 348 Å². The van der Waals surface area contributed by atoms with E-state index in [4.69, 9.17) is 33.2 Å². The predicted molar refractivity (Wildman–Crippen MR) is 134 cm³/mol. The molecule has 14 N–H and O–H groups in total. The average Bonchev–Trinajstić information content (AvgIpc) is 3.03. The molecule has 0 unspecified atom stereocenters. The summed E-state index contributed by atoms with van der Waals surface area (Å²) in [5, 5.41) is 142. The Morgan fingerprint density at radius 1 is 0.333 bits per heavy atom. The molecule has 0 aromatic rings. The molecule has 0 bridgehead atoms. The van der Waals surface area contributed by atoms with Crippen LogP contribution in [0, 0.1) is 0 Å². The Balaban J connectivity index is 1.48. The van der Waals surface area contributed by atoms with E-state index in [1.54, 1.807) is 0 Å². The van der Waals surface area contributed by atoms with Gasteiger partial charge in [-0.1, -0.05) is 0 Å². The van der Waals surface area contributed by atoms with Gasteiger partial charge < -0.3 is 105 Å². The lowest BCUT2D eigenvalue weighted by Crippen LogP contribution is -2.67. The summed E-state index contributed by atoms with van der Waals surface area (Å²) in [5.74, 6) is 0. The summed E-state index contributed by atoms with van der Waals surface area (Å²) in [6.07, 6.45) is -35.6.